The Labute approximate surface area is 167 Å². The topological polar surface area (TPSA) is 79.4 Å². The van der Waals surface area contributed by atoms with Crippen molar-refractivity contribution in [1.29, 1.82) is 0 Å². The number of ether oxygens (including phenoxy) is 2. The van der Waals surface area contributed by atoms with Crippen LogP contribution >= 0.6 is 0 Å². The van der Waals surface area contributed by atoms with Gasteiger partial charge in [-0.25, -0.2) is 14.0 Å². The van der Waals surface area contributed by atoms with Crippen LogP contribution in [0.4, 0.5) is 14.0 Å². The number of likely N-dealkylation sites (tertiary alicyclic amines) is 1. The summed E-state index contributed by atoms with van der Waals surface area (Å²) in [6.45, 7) is 13.2. The van der Waals surface area contributed by atoms with Crippen LogP contribution in [0.3, 0.4) is 0 Å². The van der Waals surface area contributed by atoms with E-state index in [4.69, 9.17) is 9.47 Å². The molecule has 0 aromatic rings. The lowest BCUT2D eigenvalue weighted by Gasteiger charge is -2.35. The number of aldehydes is 1. The average molecular weight is 406 g/mol. The number of amides is 2. The van der Waals surface area contributed by atoms with Gasteiger partial charge in [-0.2, -0.15) is 0 Å². The molecule has 8 nitrogen and oxygen atoms in total. The third-order valence-electron chi connectivity index (χ3n) is 3.42. The SMILES string of the molecule is CN(CC=O)C(=O)OC(C)(C)C.CN(CCN1CC(F)C1)C(=O)OC(C)(C)C. The maximum absolute atomic E-state index is 12.5. The molecule has 164 valence electrons. The molecular weight excluding hydrogens is 369 g/mol. The predicted octanol–water partition coefficient (Wildman–Crippen LogP) is 2.56. The number of hydrogen-bond donors (Lipinski definition) is 0. The summed E-state index contributed by atoms with van der Waals surface area (Å²) in [5.41, 5.74) is -0.972. The molecule has 0 unspecified atom stereocenters. The lowest BCUT2D eigenvalue weighted by atomic mass is 10.2. The van der Waals surface area contributed by atoms with Crippen molar-refractivity contribution in [2.24, 2.45) is 0 Å². The fourth-order valence-electron chi connectivity index (χ4n) is 1.94. The molecule has 1 aliphatic heterocycles. The molecule has 2 amide bonds. The van der Waals surface area contributed by atoms with Crippen molar-refractivity contribution in [2.75, 3.05) is 46.8 Å². The van der Waals surface area contributed by atoms with Crippen LogP contribution in [-0.4, -0.2) is 97.4 Å². The number of alkyl halides is 1. The molecule has 0 aromatic carbocycles. The van der Waals surface area contributed by atoms with Crippen LogP contribution in [-0.2, 0) is 14.3 Å². The number of likely N-dealkylation sites (N-methyl/N-ethyl adjacent to an activating group) is 2. The van der Waals surface area contributed by atoms with Crippen molar-refractivity contribution in [3.8, 4) is 0 Å². The van der Waals surface area contributed by atoms with E-state index in [9.17, 15) is 18.8 Å². The van der Waals surface area contributed by atoms with Gasteiger partial charge in [-0.1, -0.05) is 0 Å². The van der Waals surface area contributed by atoms with Gasteiger partial charge in [-0.3, -0.25) is 4.90 Å². The monoisotopic (exact) mass is 405 g/mol. The molecule has 0 bridgehead atoms. The second kappa shape index (κ2) is 11.2. The molecule has 1 rings (SSSR count). The summed E-state index contributed by atoms with van der Waals surface area (Å²) >= 11 is 0. The minimum absolute atomic E-state index is 0.0644. The number of carbonyl (C=O) groups excluding carboxylic acids is 3. The van der Waals surface area contributed by atoms with Crippen LogP contribution in [0.2, 0.25) is 0 Å². The zero-order chi connectivity index (χ0) is 22.1. The van der Waals surface area contributed by atoms with E-state index in [0.717, 1.165) is 0 Å². The molecule has 28 heavy (non-hydrogen) atoms. The predicted molar refractivity (Wildman–Crippen MR) is 105 cm³/mol. The zero-order valence-corrected chi connectivity index (χ0v) is 18.5. The highest BCUT2D eigenvalue weighted by Gasteiger charge is 2.27. The van der Waals surface area contributed by atoms with E-state index in [1.54, 1.807) is 27.8 Å². The first-order valence-corrected chi connectivity index (χ1v) is 9.33. The third kappa shape index (κ3) is 12.5. The number of nitrogens with zero attached hydrogens (tertiary/aromatic N) is 3. The van der Waals surface area contributed by atoms with E-state index in [1.807, 2.05) is 25.7 Å². The number of carbonyl (C=O) groups is 3. The van der Waals surface area contributed by atoms with Crippen molar-refractivity contribution in [1.82, 2.24) is 14.7 Å². The number of halogens is 1. The Hall–Kier alpha value is -1.90. The molecule has 0 aliphatic carbocycles. The normalized spacial score (nSPS) is 14.9. The molecular formula is C19H36FN3O5. The van der Waals surface area contributed by atoms with E-state index in [-0.39, 0.29) is 12.6 Å². The Balaban J connectivity index is 0.000000546. The number of rotatable bonds is 5. The first-order valence-electron chi connectivity index (χ1n) is 9.33. The van der Waals surface area contributed by atoms with Gasteiger partial charge >= 0.3 is 12.2 Å². The van der Waals surface area contributed by atoms with E-state index >= 15 is 0 Å². The van der Waals surface area contributed by atoms with E-state index in [2.05, 4.69) is 0 Å². The average Bonchev–Trinajstić information content (AvgIpc) is 2.47. The van der Waals surface area contributed by atoms with Gasteiger partial charge in [-0.05, 0) is 41.5 Å². The van der Waals surface area contributed by atoms with Crippen molar-refractivity contribution in [3.05, 3.63) is 0 Å². The highest BCUT2D eigenvalue weighted by molar-refractivity contribution is 5.71. The molecule has 1 aliphatic rings. The van der Waals surface area contributed by atoms with Crippen LogP contribution in [0.5, 0.6) is 0 Å². The lowest BCUT2D eigenvalue weighted by molar-refractivity contribution is -0.108. The van der Waals surface area contributed by atoms with Crippen LogP contribution in [0.1, 0.15) is 41.5 Å². The standard InChI is InChI=1S/C11H21FN2O2.C8H15NO3/c1-11(2,3)16-10(15)13(4)5-6-14-7-9(12)8-14;1-8(2,3)12-7(11)9(4)5-6-10/h9H,5-8H2,1-4H3;6H,5H2,1-4H3. The number of hydrogen-bond acceptors (Lipinski definition) is 6. The molecule has 0 N–H and O–H groups in total. The van der Waals surface area contributed by atoms with E-state index in [1.165, 1.54) is 16.8 Å². The maximum Gasteiger partial charge on any atom is 0.410 e. The van der Waals surface area contributed by atoms with Crippen molar-refractivity contribution in [3.63, 3.8) is 0 Å². The minimum Gasteiger partial charge on any atom is -0.444 e. The Morgan fingerprint density at radius 2 is 1.43 bits per heavy atom. The van der Waals surface area contributed by atoms with Gasteiger partial charge in [0, 0.05) is 40.3 Å². The van der Waals surface area contributed by atoms with Gasteiger partial charge in [0.25, 0.3) is 0 Å². The van der Waals surface area contributed by atoms with Crippen molar-refractivity contribution < 1.29 is 28.2 Å². The fourth-order valence-corrected chi connectivity index (χ4v) is 1.94. The summed E-state index contributed by atoms with van der Waals surface area (Å²) in [5.74, 6) is 0. The van der Waals surface area contributed by atoms with Gasteiger partial charge in [0.1, 0.15) is 23.7 Å². The van der Waals surface area contributed by atoms with Crippen molar-refractivity contribution >= 4 is 18.5 Å². The van der Waals surface area contributed by atoms with E-state index < -0.39 is 23.5 Å². The van der Waals surface area contributed by atoms with Crippen LogP contribution in [0, 0.1) is 0 Å². The molecule has 0 atom stereocenters. The van der Waals surface area contributed by atoms with Crippen LogP contribution in [0.25, 0.3) is 0 Å². The quantitative estimate of drug-likeness (QED) is 0.654. The summed E-state index contributed by atoms with van der Waals surface area (Å²) in [5, 5.41) is 0. The van der Waals surface area contributed by atoms with Crippen molar-refractivity contribution in [2.45, 2.75) is 58.9 Å². The smallest absolute Gasteiger partial charge is 0.410 e. The largest absolute Gasteiger partial charge is 0.444 e. The van der Waals surface area contributed by atoms with Gasteiger partial charge in [0.2, 0.25) is 0 Å². The lowest BCUT2D eigenvalue weighted by Crippen LogP contribution is -2.51. The van der Waals surface area contributed by atoms with Gasteiger partial charge in [0.15, 0.2) is 0 Å². The van der Waals surface area contributed by atoms with E-state index in [0.29, 0.717) is 32.5 Å². The highest BCUT2D eigenvalue weighted by Crippen LogP contribution is 2.12. The molecule has 1 heterocycles. The Bertz CT molecular complexity index is 511. The van der Waals surface area contributed by atoms with Gasteiger partial charge < -0.3 is 24.1 Å². The molecule has 0 saturated carbocycles. The molecule has 0 radical (unpaired) electrons. The third-order valence-corrected chi connectivity index (χ3v) is 3.42. The highest BCUT2D eigenvalue weighted by atomic mass is 19.1. The summed E-state index contributed by atoms with van der Waals surface area (Å²) in [6.07, 6.45) is -0.838. The molecule has 1 fully saturated rings. The Kier molecular flexibility index (Phi) is 10.4. The summed E-state index contributed by atoms with van der Waals surface area (Å²) in [4.78, 5) is 37.4. The zero-order valence-electron chi connectivity index (χ0n) is 18.5. The van der Waals surface area contributed by atoms with Crippen LogP contribution < -0.4 is 0 Å². The van der Waals surface area contributed by atoms with Gasteiger partial charge in [-0.15, -0.1) is 0 Å². The molecule has 9 heteroatoms. The molecule has 0 aromatic heterocycles. The summed E-state index contributed by atoms with van der Waals surface area (Å²) in [6, 6.07) is 0. The Morgan fingerprint density at radius 3 is 1.79 bits per heavy atom. The first-order chi connectivity index (χ1) is 12.6. The van der Waals surface area contributed by atoms with Crippen LogP contribution in [0.15, 0.2) is 0 Å². The summed E-state index contributed by atoms with van der Waals surface area (Å²) < 4.78 is 22.7. The first kappa shape index (κ1) is 26.1. The summed E-state index contributed by atoms with van der Waals surface area (Å²) in [7, 11) is 3.21. The molecule has 0 spiro atoms. The minimum atomic E-state index is -0.688. The second-order valence-corrected chi connectivity index (χ2v) is 8.79. The molecule has 1 saturated heterocycles. The van der Waals surface area contributed by atoms with Gasteiger partial charge in [0.05, 0.1) is 6.54 Å². The maximum atomic E-state index is 12.5. The Morgan fingerprint density at radius 1 is 1.00 bits per heavy atom. The second-order valence-electron chi connectivity index (χ2n) is 8.79. The fraction of sp³-hybridized carbons (Fsp3) is 0.842.